The van der Waals surface area contributed by atoms with Crippen molar-refractivity contribution >= 4 is 17.7 Å². The first-order chi connectivity index (χ1) is 9.65. The standard InChI is InChI=1S/C17H25NOS/c1-13-8-10-16(11-9-13)20-14(2)17(19)18-12-15-6-4-3-5-7-15/h8-11,14-15H,3-7,12H2,1-2H3,(H,18,19)/t14-/m0/s1. The van der Waals surface area contributed by atoms with Gasteiger partial charge in [0.25, 0.3) is 0 Å². The van der Waals surface area contributed by atoms with Crippen molar-refractivity contribution in [2.24, 2.45) is 5.92 Å². The number of hydrogen-bond donors (Lipinski definition) is 1. The first kappa shape index (κ1) is 15.4. The number of carbonyl (C=O) groups excluding carboxylic acids is 1. The molecule has 0 bridgehead atoms. The Bertz CT molecular complexity index is 423. The van der Waals surface area contributed by atoms with E-state index in [0.29, 0.717) is 5.92 Å². The molecule has 2 rings (SSSR count). The molecule has 1 aromatic carbocycles. The smallest absolute Gasteiger partial charge is 0.233 e. The Balaban J connectivity index is 1.75. The van der Waals surface area contributed by atoms with E-state index in [1.807, 2.05) is 6.92 Å². The van der Waals surface area contributed by atoms with Crippen LogP contribution in [0.4, 0.5) is 0 Å². The molecule has 1 atom stereocenters. The van der Waals surface area contributed by atoms with E-state index >= 15 is 0 Å². The van der Waals surface area contributed by atoms with Crippen LogP contribution in [0.25, 0.3) is 0 Å². The van der Waals surface area contributed by atoms with Gasteiger partial charge in [-0.25, -0.2) is 0 Å². The maximum absolute atomic E-state index is 12.1. The van der Waals surface area contributed by atoms with Gasteiger partial charge in [0, 0.05) is 11.4 Å². The van der Waals surface area contributed by atoms with Crippen LogP contribution in [0.5, 0.6) is 0 Å². The normalized spacial score (nSPS) is 17.7. The van der Waals surface area contributed by atoms with E-state index in [4.69, 9.17) is 0 Å². The molecule has 1 aromatic rings. The lowest BCUT2D eigenvalue weighted by molar-refractivity contribution is -0.120. The van der Waals surface area contributed by atoms with Crippen LogP contribution in [0, 0.1) is 12.8 Å². The molecular formula is C17H25NOS. The fourth-order valence-corrected chi connectivity index (χ4v) is 3.55. The molecule has 1 N–H and O–H groups in total. The summed E-state index contributed by atoms with van der Waals surface area (Å²) in [5, 5.41) is 3.10. The van der Waals surface area contributed by atoms with Gasteiger partial charge in [-0.15, -0.1) is 11.8 Å². The molecule has 1 aliphatic carbocycles. The Hall–Kier alpha value is -0.960. The molecule has 1 saturated carbocycles. The van der Waals surface area contributed by atoms with Crippen LogP contribution in [0.2, 0.25) is 0 Å². The second-order valence-corrected chi connectivity index (χ2v) is 7.24. The highest BCUT2D eigenvalue weighted by molar-refractivity contribution is 8.00. The average molecular weight is 291 g/mol. The number of rotatable bonds is 5. The highest BCUT2D eigenvalue weighted by atomic mass is 32.2. The van der Waals surface area contributed by atoms with Gasteiger partial charge in [-0.05, 0) is 44.7 Å². The van der Waals surface area contributed by atoms with E-state index < -0.39 is 0 Å². The van der Waals surface area contributed by atoms with E-state index in [1.54, 1.807) is 11.8 Å². The van der Waals surface area contributed by atoms with Crippen molar-refractivity contribution in [3.63, 3.8) is 0 Å². The second kappa shape index (κ2) is 7.72. The van der Waals surface area contributed by atoms with Crippen molar-refractivity contribution in [1.82, 2.24) is 5.32 Å². The highest BCUT2D eigenvalue weighted by Crippen LogP contribution is 2.25. The molecule has 1 fully saturated rings. The maximum atomic E-state index is 12.1. The van der Waals surface area contributed by atoms with Gasteiger partial charge in [0.15, 0.2) is 0 Å². The predicted molar refractivity (Wildman–Crippen MR) is 86.1 cm³/mol. The summed E-state index contributed by atoms with van der Waals surface area (Å²) in [6, 6.07) is 8.36. The summed E-state index contributed by atoms with van der Waals surface area (Å²) < 4.78 is 0. The quantitative estimate of drug-likeness (QED) is 0.825. The largest absolute Gasteiger partial charge is 0.355 e. The van der Waals surface area contributed by atoms with E-state index in [0.717, 1.165) is 11.4 Å². The molecule has 3 heteroatoms. The van der Waals surface area contributed by atoms with Crippen LogP contribution in [-0.2, 0) is 4.79 Å². The minimum Gasteiger partial charge on any atom is -0.355 e. The topological polar surface area (TPSA) is 29.1 Å². The lowest BCUT2D eigenvalue weighted by Gasteiger charge is -2.22. The summed E-state index contributed by atoms with van der Waals surface area (Å²) in [4.78, 5) is 13.3. The zero-order valence-electron chi connectivity index (χ0n) is 12.5. The minimum atomic E-state index is -0.0266. The van der Waals surface area contributed by atoms with Gasteiger partial charge in [-0.3, -0.25) is 4.79 Å². The van der Waals surface area contributed by atoms with Gasteiger partial charge in [0.05, 0.1) is 5.25 Å². The zero-order chi connectivity index (χ0) is 14.4. The van der Waals surface area contributed by atoms with Gasteiger partial charge >= 0.3 is 0 Å². The third-order valence-corrected chi connectivity index (χ3v) is 5.10. The Morgan fingerprint density at radius 2 is 1.90 bits per heavy atom. The Morgan fingerprint density at radius 1 is 1.25 bits per heavy atom. The number of amides is 1. The Kier molecular flexibility index (Phi) is 5.96. The molecule has 0 unspecified atom stereocenters. The molecule has 0 radical (unpaired) electrons. The molecule has 20 heavy (non-hydrogen) atoms. The third kappa shape index (κ3) is 4.86. The van der Waals surface area contributed by atoms with Gasteiger partial charge in [-0.2, -0.15) is 0 Å². The third-order valence-electron chi connectivity index (χ3n) is 3.99. The molecule has 2 nitrogen and oxygen atoms in total. The fourth-order valence-electron chi connectivity index (χ4n) is 2.65. The first-order valence-electron chi connectivity index (χ1n) is 7.66. The Morgan fingerprint density at radius 3 is 2.55 bits per heavy atom. The number of benzene rings is 1. The molecule has 110 valence electrons. The number of hydrogen-bond acceptors (Lipinski definition) is 2. The van der Waals surface area contributed by atoms with Crippen LogP contribution in [0.15, 0.2) is 29.2 Å². The molecule has 0 aliphatic heterocycles. The van der Waals surface area contributed by atoms with E-state index in [9.17, 15) is 4.79 Å². The molecule has 0 saturated heterocycles. The molecule has 0 heterocycles. The van der Waals surface area contributed by atoms with Crippen molar-refractivity contribution in [3.8, 4) is 0 Å². The van der Waals surface area contributed by atoms with Crippen LogP contribution in [0.1, 0.15) is 44.6 Å². The van der Waals surface area contributed by atoms with E-state index in [1.165, 1.54) is 37.7 Å². The summed E-state index contributed by atoms with van der Waals surface area (Å²) in [5.41, 5.74) is 1.25. The summed E-state index contributed by atoms with van der Waals surface area (Å²) in [5.74, 6) is 0.866. The van der Waals surface area contributed by atoms with Crippen molar-refractivity contribution in [2.75, 3.05) is 6.54 Å². The summed E-state index contributed by atoms with van der Waals surface area (Å²) in [6.45, 7) is 4.92. The summed E-state index contributed by atoms with van der Waals surface area (Å²) >= 11 is 1.63. The number of thioether (sulfide) groups is 1. The van der Waals surface area contributed by atoms with Crippen molar-refractivity contribution in [1.29, 1.82) is 0 Å². The van der Waals surface area contributed by atoms with Crippen molar-refractivity contribution in [2.45, 2.75) is 56.1 Å². The van der Waals surface area contributed by atoms with E-state index in [-0.39, 0.29) is 11.2 Å². The summed E-state index contributed by atoms with van der Waals surface area (Å²) in [7, 11) is 0. The minimum absolute atomic E-state index is 0.0266. The highest BCUT2D eigenvalue weighted by Gasteiger charge is 2.17. The van der Waals surface area contributed by atoms with Gasteiger partial charge in [-0.1, -0.05) is 37.0 Å². The van der Waals surface area contributed by atoms with Gasteiger partial charge in [0.1, 0.15) is 0 Å². The maximum Gasteiger partial charge on any atom is 0.233 e. The SMILES string of the molecule is Cc1ccc(S[C@@H](C)C(=O)NCC2CCCCC2)cc1. The lowest BCUT2D eigenvalue weighted by atomic mass is 9.89. The van der Waals surface area contributed by atoms with Crippen LogP contribution >= 0.6 is 11.8 Å². The molecular weight excluding hydrogens is 266 g/mol. The zero-order valence-corrected chi connectivity index (χ0v) is 13.3. The molecule has 0 aromatic heterocycles. The monoisotopic (exact) mass is 291 g/mol. The number of nitrogens with one attached hydrogen (secondary N) is 1. The second-order valence-electron chi connectivity index (χ2n) is 5.82. The molecule has 1 aliphatic rings. The van der Waals surface area contributed by atoms with Crippen LogP contribution < -0.4 is 5.32 Å². The van der Waals surface area contributed by atoms with E-state index in [2.05, 4.69) is 36.5 Å². The van der Waals surface area contributed by atoms with Gasteiger partial charge in [0.2, 0.25) is 5.91 Å². The first-order valence-corrected chi connectivity index (χ1v) is 8.54. The number of carbonyl (C=O) groups is 1. The van der Waals surface area contributed by atoms with Gasteiger partial charge < -0.3 is 5.32 Å². The van der Waals surface area contributed by atoms with Crippen molar-refractivity contribution in [3.05, 3.63) is 29.8 Å². The predicted octanol–water partition coefficient (Wildman–Crippen LogP) is 4.17. The Labute approximate surface area is 126 Å². The lowest BCUT2D eigenvalue weighted by Crippen LogP contribution is -2.35. The number of aryl methyl sites for hydroxylation is 1. The van der Waals surface area contributed by atoms with Crippen molar-refractivity contribution < 1.29 is 4.79 Å². The van der Waals surface area contributed by atoms with Crippen LogP contribution in [-0.4, -0.2) is 17.7 Å². The van der Waals surface area contributed by atoms with Crippen LogP contribution in [0.3, 0.4) is 0 Å². The average Bonchev–Trinajstić information content (AvgIpc) is 2.48. The summed E-state index contributed by atoms with van der Waals surface area (Å²) in [6.07, 6.45) is 6.58. The molecule has 0 spiro atoms. The fraction of sp³-hybridized carbons (Fsp3) is 0.588. The molecule has 1 amide bonds.